The van der Waals surface area contributed by atoms with Gasteiger partial charge in [-0.15, -0.1) is 23.1 Å². The van der Waals surface area contributed by atoms with E-state index in [9.17, 15) is 9.59 Å². The van der Waals surface area contributed by atoms with Gasteiger partial charge in [0.2, 0.25) is 11.7 Å². The van der Waals surface area contributed by atoms with Gasteiger partial charge < -0.3 is 15.5 Å². The first kappa shape index (κ1) is 16.9. The van der Waals surface area contributed by atoms with Gasteiger partial charge in [-0.05, 0) is 36.1 Å². The van der Waals surface area contributed by atoms with Crippen molar-refractivity contribution in [2.45, 2.75) is 17.2 Å². The number of rotatable bonds is 4. The lowest BCUT2D eigenvalue weighted by atomic mass is 9.86. The normalized spacial score (nSPS) is 16.2. The maximum atomic E-state index is 12.7. The Hall–Kier alpha value is -2.51. The van der Waals surface area contributed by atoms with Crippen molar-refractivity contribution in [3.63, 3.8) is 0 Å². The maximum absolute atomic E-state index is 12.7. The first-order valence-electron chi connectivity index (χ1n) is 8.02. The third kappa shape index (κ3) is 2.83. The van der Waals surface area contributed by atoms with E-state index in [1.807, 2.05) is 30.5 Å². The van der Waals surface area contributed by atoms with Crippen LogP contribution in [0, 0.1) is 0 Å². The topological polar surface area (TPSA) is 85.3 Å². The van der Waals surface area contributed by atoms with Crippen LogP contribution in [0.25, 0.3) is 0 Å². The Morgan fingerprint density at radius 1 is 1.31 bits per heavy atom. The highest BCUT2D eigenvalue weighted by Crippen LogP contribution is 2.47. The minimum absolute atomic E-state index is 0.0744. The van der Waals surface area contributed by atoms with Crippen molar-refractivity contribution in [3.8, 4) is 0 Å². The molecule has 1 aromatic carbocycles. The summed E-state index contributed by atoms with van der Waals surface area (Å²) >= 11 is 2.87. The number of nitrogens with two attached hydrogens (primary N) is 1. The zero-order valence-electron chi connectivity index (χ0n) is 13.9. The molecule has 1 amide bonds. The van der Waals surface area contributed by atoms with Gasteiger partial charge in [0.15, 0.2) is 5.76 Å². The number of nitrogens with one attached hydrogen (secondary N) is 1. The van der Waals surface area contributed by atoms with Crippen LogP contribution in [0.3, 0.4) is 0 Å². The SMILES string of the molecule is CSc1ccc([C@H]2CC(=O)Nc3sc(C(=O)c4ccco4)c(N)c32)cc1. The van der Waals surface area contributed by atoms with Gasteiger partial charge in [-0.25, -0.2) is 0 Å². The Labute approximate surface area is 158 Å². The number of carbonyl (C=O) groups is 2. The number of furan rings is 1. The van der Waals surface area contributed by atoms with Crippen LogP contribution >= 0.6 is 23.1 Å². The van der Waals surface area contributed by atoms with Crippen molar-refractivity contribution < 1.29 is 14.0 Å². The molecular weight excluding hydrogens is 368 g/mol. The molecule has 0 unspecified atom stereocenters. The fourth-order valence-electron chi connectivity index (χ4n) is 3.17. The van der Waals surface area contributed by atoms with Gasteiger partial charge in [0.25, 0.3) is 0 Å². The molecule has 5 nitrogen and oxygen atoms in total. The molecule has 0 spiro atoms. The molecule has 3 heterocycles. The van der Waals surface area contributed by atoms with E-state index in [0.717, 1.165) is 16.0 Å². The van der Waals surface area contributed by atoms with E-state index in [-0.39, 0.29) is 23.4 Å². The zero-order valence-corrected chi connectivity index (χ0v) is 15.6. The maximum Gasteiger partial charge on any atom is 0.240 e. The molecule has 132 valence electrons. The molecule has 7 heteroatoms. The predicted molar refractivity (Wildman–Crippen MR) is 104 cm³/mol. The minimum Gasteiger partial charge on any atom is -0.461 e. The lowest BCUT2D eigenvalue weighted by Gasteiger charge is -2.24. The quantitative estimate of drug-likeness (QED) is 0.516. The number of thiophene rings is 1. The highest BCUT2D eigenvalue weighted by molar-refractivity contribution is 7.98. The van der Waals surface area contributed by atoms with Gasteiger partial charge in [-0.2, -0.15) is 0 Å². The summed E-state index contributed by atoms with van der Waals surface area (Å²) in [5.41, 5.74) is 8.61. The summed E-state index contributed by atoms with van der Waals surface area (Å²) in [6, 6.07) is 11.4. The van der Waals surface area contributed by atoms with Crippen molar-refractivity contribution >= 4 is 45.5 Å². The van der Waals surface area contributed by atoms with Gasteiger partial charge in [-0.3, -0.25) is 9.59 Å². The smallest absolute Gasteiger partial charge is 0.240 e. The van der Waals surface area contributed by atoms with Crippen LogP contribution in [0.2, 0.25) is 0 Å². The predicted octanol–water partition coefficient (Wildman–Crippen LogP) is 4.35. The molecule has 3 N–H and O–H groups in total. The van der Waals surface area contributed by atoms with Crippen LogP contribution in [0.5, 0.6) is 0 Å². The number of hydrogen-bond acceptors (Lipinski definition) is 6. The van der Waals surface area contributed by atoms with Crippen molar-refractivity contribution in [2.24, 2.45) is 0 Å². The molecule has 0 saturated heterocycles. The molecular formula is C19H16N2O3S2. The largest absolute Gasteiger partial charge is 0.461 e. The summed E-state index contributed by atoms with van der Waals surface area (Å²) in [6.07, 6.45) is 3.78. The number of carbonyl (C=O) groups excluding carboxylic acids is 2. The third-order valence-corrected chi connectivity index (χ3v) is 6.32. The van der Waals surface area contributed by atoms with Gasteiger partial charge in [0, 0.05) is 22.8 Å². The Morgan fingerprint density at radius 2 is 2.08 bits per heavy atom. The summed E-state index contributed by atoms with van der Waals surface area (Å²) in [7, 11) is 0. The monoisotopic (exact) mass is 384 g/mol. The van der Waals surface area contributed by atoms with Gasteiger partial charge in [0.05, 0.1) is 12.0 Å². The zero-order chi connectivity index (χ0) is 18.3. The van der Waals surface area contributed by atoms with Crippen LogP contribution < -0.4 is 11.1 Å². The summed E-state index contributed by atoms with van der Waals surface area (Å²) in [5, 5.41) is 3.50. The van der Waals surface area contributed by atoms with Crippen molar-refractivity contribution in [3.05, 3.63) is 64.4 Å². The number of benzene rings is 1. The Bertz CT molecular complexity index is 975. The summed E-state index contributed by atoms with van der Waals surface area (Å²) in [6.45, 7) is 0. The molecule has 1 aliphatic heterocycles. The van der Waals surface area contributed by atoms with E-state index in [1.165, 1.54) is 17.6 Å². The average molecular weight is 384 g/mol. The number of ketones is 1. The highest BCUT2D eigenvalue weighted by Gasteiger charge is 2.34. The third-order valence-electron chi connectivity index (χ3n) is 4.44. The van der Waals surface area contributed by atoms with Crippen LogP contribution in [0.15, 0.2) is 52.0 Å². The van der Waals surface area contributed by atoms with Crippen LogP contribution in [-0.4, -0.2) is 17.9 Å². The Kier molecular flexibility index (Phi) is 4.34. The second kappa shape index (κ2) is 6.66. The molecule has 0 saturated carbocycles. The van der Waals surface area contributed by atoms with E-state index in [1.54, 1.807) is 23.9 Å². The van der Waals surface area contributed by atoms with Gasteiger partial charge >= 0.3 is 0 Å². The molecule has 2 aromatic heterocycles. The van der Waals surface area contributed by atoms with Crippen molar-refractivity contribution in [1.82, 2.24) is 0 Å². The Morgan fingerprint density at radius 3 is 2.73 bits per heavy atom. The first-order chi connectivity index (χ1) is 12.6. The molecule has 0 radical (unpaired) electrons. The standard InChI is InChI=1S/C19H16N2O3S2/c1-25-11-6-4-10(5-7-11)12-9-14(22)21-19-15(12)16(20)18(26-19)17(23)13-3-2-8-24-13/h2-8,12H,9,20H2,1H3,(H,21,22)/t12-/m1/s1. The molecule has 0 bridgehead atoms. The number of nitrogen functional groups attached to an aromatic ring is 1. The summed E-state index contributed by atoms with van der Waals surface area (Å²) in [4.78, 5) is 26.4. The van der Waals surface area contributed by atoms with E-state index in [4.69, 9.17) is 10.2 Å². The van der Waals surface area contributed by atoms with Crippen LogP contribution in [0.4, 0.5) is 10.7 Å². The molecule has 3 aromatic rings. The second-order valence-corrected chi connectivity index (χ2v) is 7.87. The molecule has 1 aliphatic rings. The van der Waals surface area contributed by atoms with Crippen molar-refractivity contribution in [1.29, 1.82) is 0 Å². The molecule has 26 heavy (non-hydrogen) atoms. The van der Waals surface area contributed by atoms with E-state index < -0.39 is 0 Å². The summed E-state index contributed by atoms with van der Waals surface area (Å²) in [5.74, 6) is -0.265. The summed E-state index contributed by atoms with van der Waals surface area (Å²) < 4.78 is 5.21. The Balaban J connectivity index is 1.79. The lowest BCUT2D eigenvalue weighted by molar-refractivity contribution is -0.116. The fourth-order valence-corrected chi connectivity index (χ4v) is 4.72. The van der Waals surface area contributed by atoms with Gasteiger partial charge in [0.1, 0.15) is 9.88 Å². The number of anilines is 2. The molecule has 0 aliphatic carbocycles. The lowest BCUT2D eigenvalue weighted by Crippen LogP contribution is -2.22. The van der Waals surface area contributed by atoms with E-state index in [2.05, 4.69) is 5.32 Å². The van der Waals surface area contributed by atoms with Crippen LogP contribution in [0.1, 0.15) is 38.9 Å². The van der Waals surface area contributed by atoms with E-state index in [0.29, 0.717) is 22.0 Å². The van der Waals surface area contributed by atoms with Crippen LogP contribution in [-0.2, 0) is 4.79 Å². The average Bonchev–Trinajstić information content (AvgIpc) is 3.29. The highest BCUT2D eigenvalue weighted by atomic mass is 32.2. The number of hydrogen-bond donors (Lipinski definition) is 2. The fraction of sp³-hybridized carbons (Fsp3) is 0.158. The second-order valence-electron chi connectivity index (χ2n) is 5.97. The van der Waals surface area contributed by atoms with Gasteiger partial charge in [-0.1, -0.05) is 12.1 Å². The molecule has 1 atom stereocenters. The van der Waals surface area contributed by atoms with E-state index >= 15 is 0 Å². The molecule has 0 fully saturated rings. The number of amides is 1. The number of thioether (sulfide) groups is 1. The minimum atomic E-state index is -0.266. The van der Waals surface area contributed by atoms with Crippen molar-refractivity contribution in [2.75, 3.05) is 17.3 Å². The first-order valence-corrected chi connectivity index (χ1v) is 10.1. The number of fused-ring (bicyclic) bond motifs is 1. The molecule has 4 rings (SSSR count).